The molecule has 0 unspecified atom stereocenters. The Bertz CT molecular complexity index is 583. The highest BCUT2D eigenvalue weighted by Crippen LogP contribution is 2.33. The van der Waals surface area contributed by atoms with Crippen molar-refractivity contribution in [1.29, 1.82) is 0 Å². The first-order valence-electron chi connectivity index (χ1n) is 6.69. The number of hydrogen-bond acceptors (Lipinski definition) is 2. The minimum Gasteiger partial charge on any atom is -0.481 e. The number of pyridine rings is 1. The van der Waals surface area contributed by atoms with Gasteiger partial charge >= 0.3 is 5.97 Å². The summed E-state index contributed by atoms with van der Waals surface area (Å²) in [7, 11) is 0. The van der Waals surface area contributed by atoms with E-state index in [1.807, 2.05) is 44.2 Å². The highest BCUT2D eigenvalue weighted by molar-refractivity contribution is 5.83. The predicted molar refractivity (Wildman–Crippen MR) is 76.1 cm³/mol. The van der Waals surface area contributed by atoms with Gasteiger partial charge in [0.1, 0.15) is 0 Å². The summed E-state index contributed by atoms with van der Waals surface area (Å²) in [6.45, 7) is 3.89. The average Bonchev–Trinajstić information content (AvgIpc) is 2.44. The van der Waals surface area contributed by atoms with Crippen molar-refractivity contribution in [3.63, 3.8) is 0 Å². The van der Waals surface area contributed by atoms with Gasteiger partial charge in [0, 0.05) is 11.6 Å². The van der Waals surface area contributed by atoms with E-state index in [4.69, 9.17) is 0 Å². The van der Waals surface area contributed by atoms with Crippen LogP contribution in [0.2, 0.25) is 0 Å². The molecule has 0 fully saturated rings. The molecule has 3 nitrogen and oxygen atoms in total. The first kappa shape index (κ1) is 13.5. The van der Waals surface area contributed by atoms with Gasteiger partial charge < -0.3 is 5.11 Å². The van der Waals surface area contributed by atoms with Gasteiger partial charge in [-0.25, -0.2) is 0 Å². The first-order valence-corrected chi connectivity index (χ1v) is 6.69. The van der Waals surface area contributed by atoms with Crippen molar-refractivity contribution >= 4 is 16.9 Å². The number of nitrogens with zero attached hydrogens (tertiary/aromatic N) is 1. The molecule has 0 aliphatic carbocycles. The number of aromatic nitrogens is 1. The van der Waals surface area contributed by atoms with Crippen LogP contribution in [0.4, 0.5) is 0 Å². The fourth-order valence-corrected chi connectivity index (χ4v) is 2.55. The quantitative estimate of drug-likeness (QED) is 0.889. The summed E-state index contributed by atoms with van der Waals surface area (Å²) in [5.41, 5.74) is 1.31. The van der Waals surface area contributed by atoms with Crippen LogP contribution in [0.15, 0.2) is 36.5 Å². The maximum Gasteiger partial charge on any atom is 0.309 e. The Labute approximate surface area is 113 Å². The lowest BCUT2D eigenvalue weighted by Gasteiger charge is -2.27. The molecule has 1 aromatic carbocycles. The second-order valence-corrected chi connectivity index (χ2v) is 4.96. The second-order valence-electron chi connectivity index (χ2n) is 4.96. The molecular formula is C16H19NO2. The molecule has 0 aliphatic rings. The molecule has 2 aromatic rings. The highest BCUT2D eigenvalue weighted by Gasteiger charge is 2.35. The monoisotopic (exact) mass is 257 g/mol. The van der Waals surface area contributed by atoms with Crippen LogP contribution in [-0.2, 0) is 11.2 Å². The first-order chi connectivity index (χ1) is 9.13. The molecule has 2 rings (SSSR count). The lowest BCUT2D eigenvalue weighted by molar-refractivity contribution is -0.149. The van der Waals surface area contributed by atoms with Crippen molar-refractivity contribution in [1.82, 2.24) is 4.98 Å². The van der Waals surface area contributed by atoms with E-state index in [1.165, 1.54) is 0 Å². The zero-order chi connectivity index (χ0) is 13.9. The van der Waals surface area contributed by atoms with Gasteiger partial charge in [-0.3, -0.25) is 9.78 Å². The molecule has 3 heteroatoms. The van der Waals surface area contributed by atoms with E-state index in [0.29, 0.717) is 19.3 Å². The minimum absolute atomic E-state index is 0.554. The van der Waals surface area contributed by atoms with Crippen molar-refractivity contribution in [3.05, 3.63) is 42.1 Å². The Morgan fingerprint density at radius 1 is 1.21 bits per heavy atom. The molecule has 1 N–H and O–H groups in total. The number of rotatable bonds is 5. The number of benzene rings is 1. The Morgan fingerprint density at radius 2 is 1.89 bits per heavy atom. The molecule has 0 amide bonds. The van der Waals surface area contributed by atoms with E-state index in [9.17, 15) is 9.90 Å². The Morgan fingerprint density at radius 3 is 2.53 bits per heavy atom. The Hall–Kier alpha value is -1.90. The fourth-order valence-electron chi connectivity index (χ4n) is 2.55. The highest BCUT2D eigenvalue weighted by atomic mass is 16.4. The number of carboxylic acid groups (broad SMARTS) is 1. The van der Waals surface area contributed by atoms with Crippen LogP contribution < -0.4 is 0 Å². The third-order valence-electron chi connectivity index (χ3n) is 4.08. The van der Waals surface area contributed by atoms with Gasteiger partial charge in [0.2, 0.25) is 0 Å². The van der Waals surface area contributed by atoms with Gasteiger partial charge in [0.15, 0.2) is 0 Å². The molecule has 0 bridgehead atoms. The third-order valence-corrected chi connectivity index (χ3v) is 4.08. The Kier molecular flexibility index (Phi) is 3.84. The summed E-state index contributed by atoms with van der Waals surface area (Å²) >= 11 is 0. The Balaban J connectivity index is 2.48. The molecule has 0 saturated heterocycles. The average molecular weight is 257 g/mol. The number of carboxylic acids is 1. The van der Waals surface area contributed by atoms with E-state index in [-0.39, 0.29) is 0 Å². The topological polar surface area (TPSA) is 50.2 Å². The van der Waals surface area contributed by atoms with Crippen LogP contribution in [0.1, 0.15) is 32.3 Å². The van der Waals surface area contributed by atoms with E-state index in [2.05, 4.69) is 4.98 Å². The summed E-state index contributed by atoms with van der Waals surface area (Å²) < 4.78 is 0. The number of para-hydroxylation sites is 1. The summed E-state index contributed by atoms with van der Waals surface area (Å²) in [6.07, 6.45) is 3.58. The van der Waals surface area contributed by atoms with Gasteiger partial charge in [0.05, 0.1) is 10.9 Å². The largest absolute Gasteiger partial charge is 0.481 e. The molecule has 1 heterocycles. The minimum atomic E-state index is -0.710. The van der Waals surface area contributed by atoms with Crippen molar-refractivity contribution in [2.24, 2.45) is 5.41 Å². The SMILES string of the molecule is CCC(CC)(Cc1ccnc2ccccc12)C(=O)O. The van der Waals surface area contributed by atoms with Crippen LogP contribution in [0.5, 0.6) is 0 Å². The second kappa shape index (κ2) is 5.39. The molecule has 0 atom stereocenters. The molecule has 1 aromatic heterocycles. The third kappa shape index (κ3) is 2.46. The van der Waals surface area contributed by atoms with E-state index < -0.39 is 11.4 Å². The molecule has 0 radical (unpaired) electrons. The smallest absolute Gasteiger partial charge is 0.309 e. The zero-order valence-corrected chi connectivity index (χ0v) is 11.4. The van der Waals surface area contributed by atoms with Crippen molar-refractivity contribution < 1.29 is 9.90 Å². The van der Waals surface area contributed by atoms with Crippen molar-refractivity contribution in [2.75, 3.05) is 0 Å². The number of fused-ring (bicyclic) bond motifs is 1. The van der Waals surface area contributed by atoms with E-state index in [0.717, 1.165) is 16.5 Å². The zero-order valence-electron chi connectivity index (χ0n) is 11.4. The number of hydrogen-bond donors (Lipinski definition) is 1. The van der Waals surface area contributed by atoms with E-state index >= 15 is 0 Å². The van der Waals surface area contributed by atoms with Crippen LogP contribution in [-0.4, -0.2) is 16.1 Å². The lowest BCUT2D eigenvalue weighted by atomic mass is 9.76. The number of aliphatic carboxylic acids is 1. The summed E-state index contributed by atoms with van der Waals surface area (Å²) in [6, 6.07) is 9.82. The fraction of sp³-hybridized carbons (Fsp3) is 0.375. The standard InChI is InChI=1S/C16H19NO2/c1-3-16(4-2,15(18)19)11-12-9-10-17-14-8-6-5-7-13(12)14/h5-10H,3-4,11H2,1-2H3,(H,18,19). The molecule has 100 valence electrons. The maximum atomic E-state index is 11.6. The van der Waals surface area contributed by atoms with Crippen molar-refractivity contribution in [2.45, 2.75) is 33.1 Å². The van der Waals surface area contributed by atoms with Gasteiger partial charge in [-0.05, 0) is 37.0 Å². The number of carbonyl (C=O) groups is 1. The molecule has 0 spiro atoms. The maximum absolute atomic E-state index is 11.6. The van der Waals surface area contributed by atoms with Crippen LogP contribution >= 0.6 is 0 Å². The van der Waals surface area contributed by atoms with Crippen molar-refractivity contribution in [3.8, 4) is 0 Å². The summed E-state index contributed by atoms with van der Waals surface area (Å²) in [5.74, 6) is -0.710. The summed E-state index contributed by atoms with van der Waals surface area (Å²) in [5, 5.41) is 10.6. The normalized spacial score (nSPS) is 11.7. The van der Waals surface area contributed by atoms with Crippen LogP contribution in [0.3, 0.4) is 0 Å². The molecule has 0 aliphatic heterocycles. The molecule has 19 heavy (non-hydrogen) atoms. The van der Waals surface area contributed by atoms with Gasteiger partial charge in [-0.2, -0.15) is 0 Å². The predicted octanol–water partition coefficient (Wildman–Crippen LogP) is 3.67. The summed E-state index contributed by atoms with van der Waals surface area (Å²) in [4.78, 5) is 15.9. The van der Waals surface area contributed by atoms with Gasteiger partial charge in [-0.1, -0.05) is 32.0 Å². The molecular weight excluding hydrogens is 238 g/mol. The van der Waals surface area contributed by atoms with Gasteiger partial charge in [0.25, 0.3) is 0 Å². The lowest BCUT2D eigenvalue weighted by Crippen LogP contribution is -2.32. The van der Waals surface area contributed by atoms with Crippen LogP contribution in [0.25, 0.3) is 10.9 Å². The molecule has 0 saturated carbocycles. The van der Waals surface area contributed by atoms with Gasteiger partial charge in [-0.15, -0.1) is 0 Å². The van der Waals surface area contributed by atoms with E-state index in [1.54, 1.807) is 6.20 Å². The van der Waals surface area contributed by atoms with Crippen LogP contribution in [0, 0.1) is 5.41 Å².